The lowest BCUT2D eigenvalue weighted by Gasteiger charge is -2.30. The van der Waals surface area contributed by atoms with Crippen LogP contribution in [0.1, 0.15) is 50.9 Å². The molecule has 2 unspecified atom stereocenters. The molecule has 25 heavy (non-hydrogen) atoms. The largest absolute Gasteiger partial charge is 0.334 e. The second-order valence-electron chi connectivity index (χ2n) is 6.08. The summed E-state index contributed by atoms with van der Waals surface area (Å²) in [5.41, 5.74) is 4.93. The molecule has 2 aromatic carbocycles. The van der Waals surface area contributed by atoms with E-state index in [-0.39, 0.29) is 12.2 Å². The summed E-state index contributed by atoms with van der Waals surface area (Å²) in [6, 6.07) is 19.4. The molecule has 2 atom stereocenters. The Kier molecular flexibility index (Phi) is 7.00. The van der Waals surface area contributed by atoms with E-state index in [1.165, 1.54) is 22.5 Å². The molecule has 1 aliphatic heterocycles. The van der Waals surface area contributed by atoms with Crippen molar-refractivity contribution in [2.45, 2.75) is 52.7 Å². The highest BCUT2D eigenvalue weighted by Crippen LogP contribution is 2.37. The Morgan fingerprint density at radius 2 is 1.68 bits per heavy atom. The molecule has 0 N–H and O–H groups in total. The Morgan fingerprint density at radius 1 is 1.04 bits per heavy atom. The van der Waals surface area contributed by atoms with E-state index in [0.29, 0.717) is 0 Å². The molecule has 0 bridgehead atoms. The Bertz CT molecular complexity index is 686. The molecule has 0 radical (unpaired) electrons. The van der Waals surface area contributed by atoms with E-state index in [1.54, 1.807) is 0 Å². The number of aryl methyl sites for hydroxylation is 1. The van der Waals surface area contributed by atoms with Crippen molar-refractivity contribution in [3.8, 4) is 0 Å². The van der Waals surface area contributed by atoms with Gasteiger partial charge in [-0.1, -0.05) is 81.3 Å². The van der Waals surface area contributed by atoms with Crippen LogP contribution in [0.25, 0.3) is 0 Å². The van der Waals surface area contributed by atoms with Crippen molar-refractivity contribution in [2.24, 2.45) is 4.99 Å². The molecule has 3 rings (SSSR count). The van der Waals surface area contributed by atoms with Crippen LogP contribution in [0.4, 0.5) is 5.69 Å². The molecule has 2 aromatic rings. The smallest absolute Gasteiger partial charge is 0.147 e. The first kappa shape index (κ1) is 19.0. The molecular weight excluding hydrogens is 304 g/mol. The van der Waals surface area contributed by atoms with Crippen LogP contribution in [-0.2, 0) is 0 Å². The molecule has 2 heteroatoms. The van der Waals surface area contributed by atoms with Gasteiger partial charge in [-0.05, 0) is 31.0 Å². The van der Waals surface area contributed by atoms with Crippen molar-refractivity contribution in [3.05, 3.63) is 78.4 Å². The number of nitrogens with zero attached hydrogens (tertiary/aromatic N) is 2. The summed E-state index contributed by atoms with van der Waals surface area (Å²) in [7, 11) is 0. The lowest BCUT2D eigenvalue weighted by Crippen LogP contribution is -2.35. The number of benzene rings is 2. The third-order valence-electron chi connectivity index (χ3n) is 4.35. The first-order chi connectivity index (χ1) is 12.2. The molecule has 0 saturated carbocycles. The average Bonchev–Trinajstić information content (AvgIpc) is 3.03. The number of anilines is 1. The van der Waals surface area contributed by atoms with E-state index < -0.39 is 0 Å². The van der Waals surface area contributed by atoms with Gasteiger partial charge in [-0.15, -0.1) is 6.58 Å². The number of aliphatic imine (C=N–C) groups is 1. The van der Waals surface area contributed by atoms with E-state index in [2.05, 4.69) is 79.9 Å². The van der Waals surface area contributed by atoms with E-state index in [1.807, 2.05) is 19.9 Å². The van der Waals surface area contributed by atoms with Gasteiger partial charge < -0.3 is 4.90 Å². The summed E-state index contributed by atoms with van der Waals surface area (Å²) in [5, 5.41) is 0. The third-order valence-corrected chi connectivity index (χ3v) is 4.35. The maximum absolute atomic E-state index is 5.06. The lowest BCUT2D eigenvalue weighted by molar-refractivity contribution is 0.696. The van der Waals surface area contributed by atoms with Crippen LogP contribution in [0.3, 0.4) is 0 Å². The van der Waals surface area contributed by atoms with E-state index >= 15 is 0 Å². The van der Waals surface area contributed by atoms with Gasteiger partial charge in [0.1, 0.15) is 6.17 Å². The van der Waals surface area contributed by atoms with Gasteiger partial charge in [-0.2, -0.15) is 0 Å². The van der Waals surface area contributed by atoms with E-state index in [4.69, 9.17) is 4.99 Å². The minimum atomic E-state index is 0.0301. The molecule has 0 aromatic heterocycles. The van der Waals surface area contributed by atoms with Gasteiger partial charge >= 0.3 is 0 Å². The topological polar surface area (TPSA) is 15.6 Å². The molecule has 0 amide bonds. The van der Waals surface area contributed by atoms with Gasteiger partial charge in [-0.3, -0.25) is 4.99 Å². The fourth-order valence-corrected chi connectivity index (χ4v) is 3.20. The summed E-state index contributed by atoms with van der Waals surface area (Å²) < 4.78 is 0. The van der Waals surface area contributed by atoms with E-state index in [0.717, 1.165) is 12.8 Å². The van der Waals surface area contributed by atoms with Crippen LogP contribution in [0.15, 0.2) is 72.2 Å². The Labute approximate surface area is 152 Å². The lowest BCUT2D eigenvalue weighted by atomic mass is 10.1. The van der Waals surface area contributed by atoms with Crippen LogP contribution in [0, 0.1) is 6.92 Å². The van der Waals surface area contributed by atoms with Crippen molar-refractivity contribution < 1.29 is 0 Å². The van der Waals surface area contributed by atoms with Crippen LogP contribution in [-0.4, -0.2) is 11.8 Å². The zero-order valence-corrected chi connectivity index (χ0v) is 15.9. The van der Waals surface area contributed by atoms with Crippen molar-refractivity contribution in [2.75, 3.05) is 4.90 Å². The molecule has 0 saturated heterocycles. The Balaban J connectivity index is 0.00000109. The maximum Gasteiger partial charge on any atom is 0.147 e. The Hall–Kier alpha value is -2.35. The fraction of sp³-hybridized carbons (Fsp3) is 0.348. The van der Waals surface area contributed by atoms with Crippen molar-refractivity contribution in [1.29, 1.82) is 0 Å². The highest BCUT2D eigenvalue weighted by atomic mass is 15.3. The van der Waals surface area contributed by atoms with Crippen molar-refractivity contribution >= 4 is 11.4 Å². The average molecular weight is 335 g/mol. The predicted molar refractivity (Wildman–Crippen MR) is 111 cm³/mol. The van der Waals surface area contributed by atoms with Crippen LogP contribution in [0.5, 0.6) is 0 Å². The SMILES string of the molecule is C=CC1C(CCC)=NC(c2ccc(C)cc2)N1c1ccccc1.CC. The van der Waals surface area contributed by atoms with Crippen LogP contribution < -0.4 is 4.90 Å². The quantitative estimate of drug-likeness (QED) is 0.583. The standard InChI is InChI=1S/C21H24N2.C2H6/c1-4-9-19-20(5-2)23(18-10-7-6-8-11-18)21(22-19)17-14-12-16(3)13-15-17;1-2/h5-8,10-15,20-21H,2,4,9H2,1,3H3;1-2H3. The second-order valence-corrected chi connectivity index (χ2v) is 6.08. The summed E-state index contributed by atoms with van der Waals surface area (Å²) in [5.74, 6) is 0. The summed E-state index contributed by atoms with van der Waals surface area (Å²) in [6.07, 6.45) is 4.17. The highest BCUT2D eigenvalue weighted by molar-refractivity contribution is 5.96. The van der Waals surface area contributed by atoms with Crippen molar-refractivity contribution in [3.63, 3.8) is 0 Å². The van der Waals surface area contributed by atoms with Gasteiger partial charge in [0.25, 0.3) is 0 Å². The minimum absolute atomic E-state index is 0.0301. The molecule has 1 heterocycles. The summed E-state index contributed by atoms with van der Waals surface area (Å²) in [6.45, 7) is 12.4. The molecular formula is C23H30N2. The highest BCUT2D eigenvalue weighted by Gasteiger charge is 2.34. The van der Waals surface area contributed by atoms with Crippen LogP contribution in [0.2, 0.25) is 0 Å². The summed E-state index contributed by atoms with van der Waals surface area (Å²) in [4.78, 5) is 7.44. The zero-order valence-electron chi connectivity index (χ0n) is 15.9. The van der Waals surface area contributed by atoms with Gasteiger partial charge in [0.2, 0.25) is 0 Å². The van der Waals surface area contributed by atoms with Gasteiger partial charge in [0.15, 0.2) is 0 Å². The Morgan fingerprint density at radius 3 is 2.24 bits per heavy atom. The molecule has 2 nitrogen and oxygen atoms in total. The van der Waals surface area contributed by atoms with Crippen LogP contribution >= 0.6 is 0 Å². The molecule has 0 spiro atoms. The number of rotatable bonds is 5. The number of hydrogen-bond donors (Lipinski definition) is 0. The monoisotopic (exact) mass is 334 g/mol. The van der Waals surface area contributed by atoms with E-state index in [9.17, 15) is 0 Å². The van der Waals surface area contributed by atoms with Crippen molar-refractivity contribution in [1.82, 2.24) is 0 Å². The van der Waals surface area contributed by atoms with Gasteiger partial charge in [0, 0.05) is 11.4 Å². The predicted octanol–water partition coefficient (Wildman–Crippen LogP) is 6.34. The molecule has 1 aliphatic rings. The fourth-order valence-electron chi connectivity index (χ4n) is 3.20. The van der Waals surface area contributed by atoms with Gasteiger partial charge in [-0.25, -0.2) is 0 Å². The third kappa shape index (κ3) is 4.19. The zero-order chi connectivity index (χ0) is 18.2. The minimum Gasteiger partial charge on any atom is -0.334 e. The normalized spacial score (nSPS) is 19.0. The first-order valence-electron chi connectivity index (χ1n) is 9.33. The molecule has 132 valence electrons. The summed E-state index contributed by atoms with van der Waals surface area (Å²) >= 11 is 0. The number of hydrogen-bond acceptors (Lipinski definition) is 2. The van der Waals surface area contributed by atoms with Gasteiger partial charge in [0.05, 0.1) is 6.04 Å². The maximum atomic E-state index is 5.06. The molecule has 0 aliphatic carbocycles. The number of para-hydroxylation sites is 1. The first-order valence-corrected chi connectivity index (χ1v) is 9.33. The second kappa shape index (κ2) is 9.22. The molecule has 0 fully saturated rings.